The highest BCUT2D eigenvalue weighted by molar-refractivity contribution is 5.49. The number of nitrogens with zero attached hydrogens (tertiary/aromatic N) is 3. The molecule has 1 fully saturated rings. The van der Waals surface area contributed by atoms with Crippen LogP contribution in [0, 0.1) is 13.8 Å². The standard InChI is InChI=1S/C20H27F3N4O/c1-15-19(16(2)28-25-15)14-24-7-4-8-26-9-11-27(12-10-26)18-6-3-5-17(13-18)20(21,22)23/h3,5-6,13,24H,4,7-12,14H2,1-2H3. The second-order valence-corrected chi connectivity index (χ2v) is 7.21. The molecular weight excluding hydrogens is 369 g/mol. The summed E-state index contributed by atoms with van der Waals surface area (Å²) in [4.78, 5) is 4.39. The van der Waals surface area contributed by atoms with Gasteiger partial charge in [0.15, 0.2) is 0 Å². The van der Waals surface area contributed by atoms with Crippen molar-refractivity contribution in [3.8, 4) is 0 Å². The number of halogens is 3. The molecular formula is C20H27F3N4O. The van der Waals surface area contributed by atoms with Crippen LogP contribution in [-0.4, -0.2) is 49.3 Å². The first kappa shape index (κ1) is 20.7. The monoisotopic (exact) mass is 396 g/mol. The van der Waals surface area contributed by atoms with Crippen LogP contribution in [0.5, 0.6) is 0 Å². The number of anilines is 1. The molecule has 2 heterocycles. The fourth-order valence-electron chi connectivity index (χ4n) is 3.50. The molecule has 1 saturated heterocycles. The maximum Gasteiger partial charge on any atom is 0.416 e. The molecule has 5 nitrogen and oxygen atoms in total. The molecule has 1 aliphatic heterocycles. The highest BCUT2D eigenvalue weighted by Crippen LogP contribution is 2.31. The van der Waals surface area contributed by atoms with Crippen molar-refractivity contribution in [1.82, 2.24) is 15.4 Å². The normalized spacial score (nSPS) is 16.0. The molecule has 2 aromatic rings. The summed E-state index contributed by atoms with van der Waals surface area (Å²) >= 11 is 0. The van der Waals surface area contributed by atoms with Crippen LogP contribution in [0.3, 0.4) is 0 Å². The average molecular weight is 396 g/mol. The third-order valence-electron chi connectivity index (χ3n) is 5.22. The first-order valence-electron chi connectivity index (χ1n) is 9.61. The van der Waals surface area contributed by atoms with Gasteiger partial charge < -0.3 is 14.7 Å². The fourth-order valence-corrected chi connectivity index (χ4v) is 3.50. The van der Waals surface area contributed by atoms with Crippen LogP contribution >= 0.6 is 0 Å². The lowest BCUT2D eigenvalue weighted by Gasteiger charge is -2.36. The van der Waals surface area contributed by atoms with Gasteiger partial charge >= 0.3 is 6.18 Å². The largest absolute Gasteiger partial charge is 0.416 e. The molecule has 3 rings (SSSR count). The maximum absolute atomic E-state index is 12.9. The molecule has 0 radical (unpaired) electrons. The van der Waals surface area contributed by atoms with E-state index in [1.165, 1.54) is 12.1 Å². The van der Waals surface area contributed by atoms with Crippen molar-refractivity contribution in [2.24, 2.45) is 0 Å². The van der Waals surface area contributed by atoms with Gasteiger partial charge in [-0.2, -0.15) is 13.2 Å². The lowest BCUT2D eigenvalue weighted by atomic mass is 10.1. The van der Waals surface area contributed by atoms with Gasteiger partial charge in [-0.1, -0.05) is 11.2 Å². The second-order valence-electron chi connectivity index (χ2n) is 7.21. The van der Waals surface area contributed by atoms with Gasteiger partial charge in [-0.15, -0.1) is 0 Å². The molecule has 0 unspecified atom stereocenters. The second kappa shape index (κ2) is 8.96. The van der Waals surface area contributed by atoms with Crippen LogP contribution < -0.4 is 10.2 Å². The third-order valence-corrected chi connectivity index (χ3v) is 5.22. The van der Waals surface area contributed by atoms with E-state index in [9.17, 15) is 13.2 Å². The first-order chi connectivity index (χ1) is 13.3. The number of aryl methyl sites for hydroxylation is 2. The minimum Gasteiger partial charge on any atom is -0.369 e. The van der Waals surface area contributed by atoms with Crippen LogP contribution in [-0.2, 0) is 12.7 Å². The molecule has 0 bridgehead atoms. The fraction of sp³-hybridized carbons (Fsp3) is 0.550. The number of rotatable bonds is 7. The number of alkyl halides is 3. The Morgan fingerprint density at radius 1 is 1.14 bits per heavy atom. The van der Waals surface area contributed by atoms with Gasteiger partial charge in [-0.25, -0.2) is 0 Å². The summed E-state index contributed by atoms with van der Waals surface area (Å²) in [6, 6.07) is 5.60. The highest BCUT2D eigenvalue weighted by atomic mass is 19.4. The average Bonchev–Trinajstić information content (AvgIpc) is 2.99. The van der Waals surface area contributed by atoms with Crippen molar-refractivity contribution < 1.29 is 17.7 Å². The van der Waals surface area contributed by atoms with E-state index in [1.807, 2.05) is 18.7 Å². The molecule has 1 aromatic heterocycles. The van der Waals surface area contributed by atoms with Crippen molar-refractivity contribution in [2.45, 2.75) is 33.0 Å². The predicted molar refractivity (Wildman–Crippen MR) is 102 cm³/mol. The molecule has 0 aliphatic carbocycles. The van der Waals surface area contributed by atoms with Gasteiger partial charge in [0, 0.05) is 44.0 Å². The minimum absolute atomic E-state index is 0.586. The summed E-state index contributed by atoms with van der Waals surface area (Å²) in [7, 11) is 0. The molecule has 0 saturated carbocycles. The Morgan fingerprint density at radius 2 is 1.89 bits per heavy atom. The lowest BCUT2D eigenvalue weighted by molar-refractivity contribution is -0.137. The summed E-state index contributed by atoms with van der Waals surface area (Å²) in [5.41, 5.74) is 2.11. The molecule has 28 heavy (non-hydrogen) atoms. The van der Waals surface area contributed by atoms with E-state index >= 15 is 0 Å². The van der Waals surface area contributed by atoms with Crippen molar-refractivity contribution in [3.05, 3.63) is 46.8 Å². The number of hydrogen-bond donors (Lipinski definition) is 1. The summed E-state index contributed by atoms with van der Waals surface area (Å²) < 4.78 is 43.8. The van der Waals surface area contributed by atoms with Crippen LogP contribution in [0.4, 0.5) is 18.9 Å². The SMILES string of the molecule is Cc1noc(C)c1CNCCCN1CCN(c2cccc(C(F)(F)F)c2)CC1. The van der Waals surface area contributed by atoms with Crippen molar-refractivity contribution >= 4 is 5.69 Å². The number of benzene rings is 1. The Kier molecular flexibility index (Phi) is 6.61. The van der Waals surface area contributed by atoms with Gasteiger partial charge in [0.2, 0.25) is 0 Å². The summed E-state index contributed by atoms with van der Waals surface area (Å²) in [6.07, 6.45) is -3.28. The van der Waals surface area contributed by atoms with E-state index in [0.717, 1.165) is 75.3 Å². The molecule has 154 valence electrons. The van der Waals surface area contributed by atoms with E-state index in [1.54, 1.807) is 6.07 Å². The number of hydrogen-bond acceptors (Lipinski definition) is 5. The van der Waals surface area contributed by atoms with E-state index in [4.69, 9.17) is 4.52 Å². The summed E-state index contributed by atoms with van der Waals surface area (Å²) in [6.45, 7) is 9.70. The smallest absolute Gasteiger partial charge is 0.369 e. The zero-order chi connectivity index (χ0) is 20.1. The van der Waals surface area contributed by atoms with E-state index in [-0.39, 0.29) is 0 Å². The van der Waals surface area contributed by atoms with Crippen LogP contribution in [0.25, 0.3) is 0 Å². The zero-order valence-electron chi connectivity index (χ0n) is 16.4. The molecule has 0 spiro atoms. The Balaban J connectivity index is 1.38. The molecule has 8 heteroatoms. The Morgan fingerprint density at radius 3 is 2.54 bits per heavy atom. The Bertz CT molecular complexity index is 748. The quantitative estimate of drug-likeness (QED) is 0.725. The first-order valence-corrected chi connectivity index (χ1v) is 9.61. The molecule has 1 N–H and O–H groups in total. The predicted octanol–water partition coefficient (Wildman–Crippen LogP) is 3.61. The van der Waals surface area contributed by atoms with E-state index < -0.39 is 11.7 Å². The number of aromatic nitrogens is 1. The molecule has 0 amide bonds. The van der Waals surface area contributed by atoms with Crippen molar-refractivity contribution in [1.29, 1.82) is 0 Å². The van der Waals surface area contributed by atoms with Crippen molar-refractivity contribution in [2.75, 3.05) is 44.2 Å². The molecule has 1 aliphatic rings. The van der Waals surface area contributed by atoms with Crippen LogP contribution in [0.2, 0.25) is 0 Å². The minimum atomic E-state index is -4.30. The lowest BCUT2D eigenvalue weighted by Crippen LogP contribution is -2.47. The van der Waals surface area contributed by atoms with Gasteiger partial charge in [0.25, 0.3) is 0 Å². The zero-order valence-corrected chi connectivity index (χ0v) is 16.4. The van der Waals surface area contributed by atoms with Gasteiger partial charge in [0.05, 0.1) is 11.3 Å². The Labute approximate surface area is 163 Å². The Hall–Kier alpha value is -2.06. The molecule has 0 atom stereocenters. The summed E-state index contributed by atoms with van der Waals surface area (Å²) in [5.74, 6) is 0.857. The van der Waals surface area contributed by atoms with Gasteiger partial charge in [-0.05, 0) is 51.6 Å². The van der Waals surface area contributed by atoms with Crippen molar-refractivity contribution in [3.63, 3.8) is 0 Å². The molecule has 1 aromatic carbocycles. The summed E-state index contributed by atoms with van der Waals surface area (Å²) in [5, 5.41) is 7.37. The van der Waals surface area contributed by atoms with Gasteiger partial charge in [-0.3, -0.25) is 4.90 Å². The van der Waals surface area contributed by atoms with E-state index in [2.05, 4.69) is 15.4 Å². The third kappa shape index (κ3) is 5.26. The highest BCUT2D eigenvalue weighted by Gasteiger charge is 2.31. The van der Waals surface area contributed by atoms with Gasteiger partial charge in [0.1, 0.15) is 5.76 Å². The van der Waals surface area contributed by atoms with Crippen LogP contribution in [0.1, 0.15) is 29.0 Å². The maximum atomic E-state index is 12.9. The number of nitrogens with one attached hydrogen (secondary N) is 1. The van der Waals surface area contributed by atoms with Crippen LogP contribution in [0.15, 0.2) is 28.8 Å². The topological polar surface area (TPSA) is 44.5 Å². The van der Waals surface area contributed by atoms with E-state index in [0.29, 0.717) is 5.69 Å². The number of piperazine rings is 1.